The highest BCUT2D eigenvalue weighted by atomic mass is 32.2. The Kier molecular flexibility index (Phi) is 5.98. The maximum atomic E-state index is 5.07. The zero-order valence-corrected chi connectivity index (χ0v) is 13.1. The molecule has 0 unspecified atom stereocenters. The van der Waals surface area contributed by atoms with Crippen molar-refractivity contribution in [2.45, 2.75) is 25.7 Å². The lowest BCUT2D eigenvalue weighted by atomic mass is 9.89. The van der Waals surface area contributed by atoms with Crippen molar-refractivity contribution in [2.75, 3.05) is 52.7 Å². The van der Waals surface area contributed by atoms with E-state index in [0.717, 1.165) is 38.0 Å². The molecule has 0 atom stereocenters. The average Bonchev–Trinajstić information content (AvgIpc) is 2.87. The highest BCUT2D eigenvalue weighted by Gasteiger charge is 2.36. The topological polar surface area (TPSA) is 36.9 Å². The van der Waals surface area contributed by atoms with Gasteiger partial charge in [-0.15, -0.1) is 0 Å². The van der Waals surface area contributed by atoms with Gasteiger partial charge in [0.05, 0.1) is 6.61 Å². The molecule has 0 aromatic heterocycles. The van der Waals surface area contributed by atoms with E-state index < -0.39 is 0 Å². The minimum absolute atomic E-state index is 0.547. The van der Waals surface area contributed by atoms with Crippen molar-refractivity contribution in [3.8, 4) is 0 Å². The van der Waals surface area contributed by atoms with Crippen molar-refractivity contribution < 1.29 is 4.74 Å². The van der Waals surface area contributed by atoms with Crippen LogP contribution in [0.15, 0.2) is 4.99 Å². The molecule has 1 fully saturated rings. The van der Waals surface area contributed by atoms with E-state index in [1.165, 1.54) is 31.4 Å². The van der Waals surface area contributed by atoms with Crippen LogP contribution in [0, 0.1) is 5.41 Å². The third-order valence-electron chi connectivity index (χ3n) is 4.18. The number of hydrogen-bond acceptors (Lipinski definition) is 5. The smallest absolute Gasteiger partial charge is 0.156 e. The molecule has 2 rings (SSSR count). The van der Waals surface area contributed by atoms with Gasteiger partial charge in [0.2, 0.25) is 0 Å². The highest BCUT2D eigenvalue weighted by Crippen LogP contribution is 2.43. The van der Waals surface area contributed by atoms with Gasteiger partial charge in [0, 0.05) is 39.0 Å². The van der Waals surface area contributed by atoms with Gasteiger partial charge in [-0.25, -0.2) is 0 Å². The van der Waals surface area contributed by atoms with Crippen LogP contribution in [0.3, 0.4) is 0 Å². The molecule has 4 nitrogen and oxygen atoms in total. The quantitative estimate of drug-likeness (QED) is 0.808. The third-order valence-corrected chi connectivity index (χ3v) is 5.49. The first-order valence-electron chi connectivity index (χ1n) is 7.33. The zero-order valence-electron chi connectivity index (χ0n) is 12.3. The lowest BCUT2D eigenvalue weighted by Crippen LogP contribution is -2.37. The Hall–Kier alpha value is -0.260. The van der Waals surface area contributed by atoms with Crippen LogP contribution in [0.5, 0.6) is 0 Å². The number of methoxy groups -OCH3 is 1. The van der Waals surface area contributed by atoms with Crippen molar-refractivity contribution in [1.82, 2.24) is 10.2 Å². The van der Waals surface area contributed by atoms with E-state index in [0.29, 0.717) is 5.41 Å². The Morgan fingerprint density at radius 2 is 2.16 bits per heavy atom. The number of likely N-dealkylation sites (N-methyl/N-ethyl adjacent to an activating group) is 1. The number of thioether (sulfide) groups is 1. The molecule has 0 radical (unpaired) electrons. The summed E-state index contributed by atoms with van der Waals surface area (Å²) < 4.78 is 5.07. The van der Waals surface area contributed by atoms with Gasteiger partial charge in [-0.3, -0.25) is 4.99 Å². The van der Waals surface area contributed by atoms with Crippen molar-refractivity contribution in [3.05, 3.63) is 0 Å². The molecular formula is C14H27N3OS. The molecule has 0 aromatic carbocycles. The summed E-state index contributed by atoms with van der Waals surface area (Å²) in [6, 6.07) is 0. The first-order chi connectivity index (χ1) is 9.24. The molecule has 0 bridgehead atoms. The van der Waals surface area contributed by atoms with Crippen molar-refractivity contribution in [1.29, 1.82) is 0 Å². The minimum atomic E-state index is 0.547. The molecule has 19 heavy (non-hydrogen) atoms. The van der Waals surface area contributed by atoms with Crippen LogP contribution < -0.4 is 5.32 Å². The van der Waals surface area contributed by atoms with Gasteiger partial charge >= 0.3 is 0 Å². The van der Waals surface area contributed by atoms with Crippen molar-refractivity contribution in [2.24, 2.45) is 10.4 Å². The monoisotopic (exact) mass is 285 g/mol. The van der Waals surface area contributed by atoms with Crippen molar-refractivity contribution in [3.63, 3.8) is 0 Å². The van der Waals surface area contributed by atoms with Gasteiger partial charge in [0.25, 0.3) is 0 Å². The van der Waals surface area contributed by atoms with Gasteiger partial charge in [0.1, 0.15) is 0 Å². The zero-order chi connectivity index (χ0) is 13.6. The van der Waals surface area contributed by atoms with Gasteiger partial charge in [-0.05, 0) is 25.3 Å². The van der Waals surface area contributed by atoms with Crippen LogP contribution in [-0.2, 0) is 4.74 Å². The normalized spacial score (nSPS) is 21.9. The molecule has 1 N–H and O–H groups in total. The van der Waals surface area contributed by atoms with Crippen LogP contribution in [0.25, 0.3) is 0 Å². The van der Waals surface area contributed by atoms with Crippen LogP contribution in [0.2, 0.25) is 0 Å². The molecule has 0 aromatic rings. The Morgan fingerprint density at radius 3 is 2.79 bits per heavy atom. The van der Waals surface area contributed by atoms with E-state index in [1.54, 1.807) is 7.11 Å². The molecule has 1 aliphatic heterocycles. The van der Waals surface area contributed by atoms with E-state index in [-0.39, 0.29) is 0 Å². The maximum absolute atomic E-state index is 5.07. The summed E-state index contributed by atoms with van der Waals surface area (Å²) in [5.74, 6) is 1.26. The van der Waals surface area contributed by atoms with Gasteiger partial charge < -0.3 is 15.0 Å². The lowest BCUT2D eigenvalue weighted by Gasteiger charge is -2.31. The molecule has 110 valence electrons. The number of aliphatic imine (C=N–C) groups is 1. The fourth-order valence-electron chi connectivity index (χ4n) is 2.80. The number of nitrogens with one attached hydrogen (secondary N) is 1. The van der Waals surface area contributed by atoms with Gasteiger partial charge in [-0.1, -0.05) is 24.6 Å². The molecular weight excluding hydrogens is 258 g/mol. The molecule has 1 aliphatic carbocycles. The summed E-state index contributed by atoms with van der Waals surface area (Å²) in [5, 5.41) is 4.62. The Labute approximate surface area is 121 Å². The molecule has 1 saturated carbocycles. The Morgan fingerprint density at radius 1 is 1.37 bits per heavy atom. The largest absolute Gasteiger partial charge is 0.383 e. The first kappa shape index (κ1) is 15.1. The first-order valence-corrected chi connectivity index (χ1v) is 8.31. The number of rotatable bonds is 6. The van der Waals surface area contributed by atoms with Crippen LogP contribution in [-0.4, -0.2) is 62.8 Å². The fraction of sp³-hybridized carbons (Fsp3) is 0.929. The number of amidine groups is 1. The fourth-order valence-corrected chi connectivity index (χ4v) is 3.98. The molecule has 1 heterocycles. The summed E-state index contributed by atoms with van der Waals surface area (Å²) in [7, 11) is 3.88. The van der Waals surface area contributed by atoms with Gasteiger partial charge in [-0.2, -0.15) is 0 Å². The van der Waals surface area contributed by atoms with Gasteiger partial charge in [0.15, 0.2) is 5.17 Å². The summed E-state index contributed by atoms with van der Waals surface area (Å²) in [5.41, 5.74) is 0.547. The number of ether oxygens (including phenoxy) is 1. The lowest BCUT2D eigenvalue weighted by molar-refractivity contribution is 0.162. The van der Waals surface area contributed by atoms with E-state index in [1.807, 2.05) is 11.8 Å². The highest BCUT2D eigenvalue weighted by molar-refractivity contribution is 8.13. The summed E-state index contributed by atoms with van der Waals surface area (Å²) >= 11 is 1.92. The second-order valence-electron chi connectivity index (χ2n) is 5.84. The van der Waals surface area contributed by atoms with Crippen molar-refractivity contribution >= 4 is 16.9 Å². The summed E-state index contributed by atoms with van der Waals surface area (Å²) in [4.78, 5) is 7.03. The summed E-state index contributed by atoms with van der Waals surface area (Å²) in [6.07, 6.45) is 5.58. The van der Waals surface area contributed by atoms with E-state index in [4.69, 9.17) is 9.73 Å². The van der Waals surface area contributed by atoms with E-state index >= 15 is 0 Å². The third kappa shape index (κ3) is 4.65. The Bertz CT molecular complexity index is 303. The predicted molar refractivity (Wildman–Crippen MR) is 83.0 cm³/mol. The van der Waals surface area contributed by atoms with Crippen LogP contribution in [0.1, 0.15) is 25.7 Å². The Balaban J connectivity index is 1.63. The van der Waals surface area contributed by atoms with E-state index in [9.17, 15) is 0 Å². The SMILES string of the molecule is COCCN(C)CCNC1=NCC2(CCCC2)CS1. The number of hydrogen-bond donors (Lipinski definition) is 1. The van der Waals surface area contributed by atoms with Crippen LogP contribution in [0.4, 0.5) is 0 Å². The molecule has 1 spiro atoms. The minimum Gasteiger partial charge on any atom is -0.383 e. The molecule has 2 aliphatic rings. The second-order valence-corrected chi connectivity index (χ2v) is 6.80. The molecule has 0 amide bonds. The second kappa shape index (κ2) is 7.50. The standard InChI is InChI=1S/C14H27N3OS/c1-17(9-10-18-2)8-7-15-13-16-11-14(12-19-13)5-3-4-6-14/h3-12H2,1-2H3,(H,15,16). The molecule has 5 heteroatoms. The average molecular weight is 285 g/mol. The maximum Gasteiger partial charge on any atom is 0.156 e. The summed E-state index contributed by atoms with van der Waals surface area (Å²) in [6.45, 7) is 4.84. The van der Waals surface area contributed by atoms with Crippen LogP contribution >= 0.6 is 11.8 Å². The predicted octanol–water partition coefficient (Wildman–Crippen LogP) is 1.82. The van der Waals surface area contributed by atoms with E-state index in [2.05, 4.69) is 17.3 Å². The number of nitrogens with zero attached hydrogens (tertiary/aromatic N) is 2. The molecule has 0 saturated heterocycles.